The molecule has 0 aliphatic carbocycles. The van der Waals surface area contributed by atoms with Crippen molar-refractivity contribution in [3.63, 3.8) is 0 Å². The Balaban J connectivity index is 1.67. The minimum Gasteiger partial charge on any atom is -0.471 e. The summed E-state index contributed by atoms with van der Waals surface area (Å²) in [4.78, 5) is 31.3. The van der Waals surface area contributed by atoms with Crippen LogP contribution < -0.4 is 10.3 Å². The van der Waals surface area contributed by atoms with E-state index in [4.69, 9.17) is 9.72 Å². The summed E-state index contributed by atoms with van der Waals surface area (Å²) in [5.74, 6) is 1.08. The predicted molar refractivity (Wildman–Crippen MR) is 132 cm³/mol. The van der Waals surface area contributed by atoms with Crippen LogP contribution in [-0.2, 0) is 12.0 Å². The molecule has 0 saturated heterocycles. The first kappa shape index (κ1) is 23.3. The van der Waals surface area contributed by atoms with E-state index in [9.17, 15) is 4.79 Å². The molecule has 0 radical (unpaired) electrons. The van der Waals surface area contributed by atoms with Crippen molar-refractivity contribution in [3.05, 3.63) is 93.7 Å². The number of aryl methyl sites for hydroxylation is 2. The molecule has 0 aliphatic heterocycles. The smallest absolute Gasteiger partial charge is 0.264 e. The Hall–Kier alpha value is -3.87. The summed E-state index contributed by atoms with van der Waals surface area (Å²) in [5.41, 5.74) is 5.22. The van der Waals surface area contributed by atoms with Gasteiger partial charge in [0.2, 0.25) is 5.88 Å². The third-order valence-electron chi connectivity index (χ3n) is 5.54. The quantitative estimate of drug-likeness (QED) is 0.426. The first-order valence-electron chi connectivity index (χ1n) is 11.2. The van der Waals surface area contributed by atoms with Gasteiger partial charge in [0.25, 0.3) is 5.56 Å². The van der Waals surface area contributed by atoms with E-state index in [1.807, 2.05) is 56.3 Å². The lowest BCUT2D eigenvalue weighted by Gasteiger charge is -2.17. The second kappa shape index (κ2) is 9.17. The summed E-state index contributed by atoms with van der Waals surface area (Å²) in [7, 11) is 0. The van der Waals surface area contributed by atoms with Gasteiger partial charge >= 0.3 is 0 Å². The molecule has 4 aromatic rings. The van der Waals surface area contributed by atoms with Crippen molar-refractivity contribution in [3.8, 4) is 22.8 Å². The third-order valence-corrected chi connectivity index (χ3v) is 5.54. The van der Waals surface area contributed by atoms with E-state index in [2.05, 4.69) is 35.7 Å². The molecular weight excluding hydrogens is 426 g/mol. The molecule has 174 valence electrons. The molecule has 0 aliphatic rings. The summed E-state index contributed by atoms with van der Waals surface area (Å²) in [5, 5.41) is 0. The maximum Gasteiger partial charge on any atom is 0.264 e. The molecule has 0 N–H and O–H groups in total. The van der Waals surface area contributed by atoms with Gasteiger partial charge in [-0.3, -0.25) is 14.3 Å². The topological polar surface area (TPSA) is 82.8 Å². The molecule has 34 heavy (non-hydrogen) atoms. The van der Waals surface area contributed by atoms with Crippen LogP contribution in [0.15, 0.2) is 59.8 Å². The summed E-state index contributed by atoms with van der Waals surface area (Å²) < 4.78 is 7.37. The van der Waals surface area contributed by atoms with Gasteiger partial charge in [-0.15, -0.1) is 0 Å². The second-order valence-electron chi connectivity index (χ2n) is 9.43. The lowest BCUT2D eigenvalue weighted by atomic mass is 9.95. The van der Waals surface area contributed by atoms with Gasteiger partial charge in [0.15, 0.2) is 0 Å². The highest BCUT2D eigenvalue weighted by Crippen LogP contribution is 2.25. The van der Waals surface area contributed by atoms with Crippen LogP contribution in [0.1, 0.15) is 49.1 Å². The molecule has 3 aromatic heterocycles. The zero-order valence-electron chi connectivity index (χ0n) is 20.5. The first-order valence-corrected chi connectivity index (χ1v) is 11.2. The highest BCUT2D eigenvalue weighted by atomic mass is 16.5. The van der Waals surface area contributed by atoms with Gasteiger partial charge in [-0.1, -0.05) is 39.0 Å². The molecular formula is C27H29N5O2. The summed E-state index contributed by atoms with van der Waals surface area (Å²) >= 11 is 0. The van der Waals surface area contributed by atoms with E-state index < -0.39 is 0 Å². The summed E-state index contributed by atoms with van der Waals surface area (Å²) in [6, 6.07) is 13.6. The Morgan fingerprint density at radius 2 is 1.76 bits per heavy atom. The zero-order chi connectivity index (χ0) is 24.5. The Kier molecular flexibility index (Phi) is 6.28. The summed E-state index contributed by atoms with van der Waals surface area (Å²) in [6.07, 6.45) is 3.29. The normalized spacial score (nSPS) is 11.5. The monoisotopic (exact) mass is 455 g/mol. The number of hydrogen-bond acceptors (Lipinski definition) is 6. The number of pyridine rings is 1. The Morgan fingerprint density at radius 1 is 0.971 bits per heavy atom. The van der Waals surface area contributed by atoms with Gasteiger partial charge in [0.05, 0.1) is 22.6 Å². The lowest BCUT2D eigenvalue weighted by Crippen LogP contribution is -2.23. The molecule has 0 bridgehead atoms. The highest BCUT2D eigenvalue weighted by Gasteiger charge is 2.18. The molecule has 0 saturated carbocycles. The average Bonchev–Trinajstić information content (AvgIpc) is 2.80. The Labute approximate surface area is 199 Å². The van der Waals surface area contributed by atoms with E-state index >= 15 is 0 Å². The number of hydrogen-bond donors (Lipinski definition) is 0. The average molecular weight is 456 g/mol. The third kappa shape index (κ3) is 4.88. The van der Waals surface area contributed by atoms with Crippen LogP contribution in [0, 0.1) is 20.8 Å². The van der Waals surface area contributed by atoms with Crippen molar-refractivity contribution < 1.29 is 4.74 Å². The van der Waals surface area contributed by atoms with Crippen molar-refractivity contribution in [2.75, 3.05) is 0 Å². The maximum atomic E-state index is 13.2. The van der Waals surface area contributed by atoms with Gasteiger partial charge in [-0.2, -0.15) is 0 Å². The zero-order valence-corrected chi connectivity index (χ0v) is 20.5. The van der Waals surface area contributed by atoms with Crippen molar-refractivity contribution in [2.45, 2.75) is 53.6 Å². The van der Waals surface area contributed by atoms with Crippen LogP contribution in [0.2, 0.25) is 0 Å². The van der Waals surface area contributed by atoms with Gasteiger partial charge in [0.1, 0.15) is 18.8 Å². The molecule has 0 spiro atoms. The number of aromatic nitrogens is 5. The largest absolute Gasteiger partial charge is 0.471 e. The fraction of sp³-hybridized carbons (Fsp3) is 0.296. The Bertz CT molecular complexity index is 1400. The van der Waals surface area contributed by atoms with E-state index in [-0.39, 0.29) is 17.6 Å². The van der Waals surface area contributed by atoms with E-state index in [0.717, 1.165) is 39.7 Å². The molecule has 0 fully saturated rings. The highest BCUT2D eigenvalue weighted by molar-refractivity contribution is 5.64. The van der Waals surface area contributed by atoms with Crippen LogP contribution >= 0.6 is 0 Å². The minimum absolute atomic E-state index is 0.161. The number of nitrogens with zero attached hydrogens (tertiary/aromatic N) is 5. The van der Waals surface area contributed by atoms with Crippen molar-refractivity contribution >= 4 is 0 Å². The van der Waals surface area contributed by atoms with Crippen LogP contribution in [0.25, 0.3) is 16.9 Å². The van der Waals surface area contributed by atoms with E-state index in [0.29, 0.717) is 11.4 Å². The molecule has 3 heterocycles. The lowest BCUT2D eigenvalue weighted by molar-refractivity contribution is 0.285. The second-order valence-corrected chi connectivity index (χ2v) is 9.43. The minimum atomic E-state index is -0.180. The van der Waals surface area contributed by atoms with Gasteiger partial charge in [0, 0.05) is 22.9 Å². The van der Waals surface area contributed by atoms with Crippen molar-refractivity contribution in [1.29, 1.82) is 0 Å². The fourth-order valence-corrected chi connectivity index (χ4v) is 3.58. The van der Waals surface area contributed by atoms with Crippen LogP contribution in [0.5, 0.6) is 5.88 Å². The number of rotatable bonds is 5. The van der Waals surface area contributed by atoms with E-state index in [1.165, 1.54) is 6.33 Å². The Morgan fingerprint density at radius 3 is 2.50 bits per heavy atom. The SMILES string of the molecule is Cc1cccc(COc2ncn(-c3cc(-c4ccnc(C(C)(C)C)n4)ccc3C)c(=O)c2C)n1. The van der Waals surface area contributed by atoms with Crippen molar-refractivity contribution in [1.82, 2.24) is 24.5 Å². The molecule has 0 atom stereocenters. The molecule has 0 amide bonds. The van der Waals surface area contributed by atoms with Crippen molar-refractivity contribution in [2.24, 2.45) is 0 Å². The standard InChI is InChI=1S/C27H29N5O2/c1-17-10-11-20(22-12-13-28-26(31-22)27(4,5)6)14-23(17)32-16-29-24(19(3)25(32)33)34-15-21-9-7-8-18(2)30-21/h7-14,16H,15H2,1-6H3. The first-order chi connectivity index (χ1) is 16.1. The van der Waals surface area contributed by atoms with Crippen LogP contribution in [-0.4, -0.2) is 24.5 Å². The molecule has 0 unspecified atom stereocenters. The number of benzene rings is 1. The fourth-order valence-electron chi connectivity index (χ4n) is 3.58. The van der Waals surface area contributed by atoms with Crippen LogP contribution in [0.3, 0.4) is 0 Å². The molecule has 7 heteroatoms. The van der Waals surface area contributed by atoms with Gasteiger partial charge < -0.3 is 4.74 Å². The molecule has 1 aromatic carbocycles. The molecule has 4 rings (SSSR count). The van der Waals surface area contributed by atoms with E-state index in [1.54, 1.807) is 17.7 Å². The number of ether oxygens (including phenoxy) is 1. The maximum absolute atomic E-state index is 13.2. The predicted octanol–water partition coefficient (Wildman–Crippen LogP) is 4.89. The summed E-state index contributed by atoms with van der Waals surface area (Å²) in [6.45, 7) is 12.1. The van der Waals surface area contributed by atoms with Crippen LogP contribution in [0.4, 0.5) is 0 Å². The van der Waals surface area contributed by atoms with Gasteiger partial charge in [-0.25, -0.2) is 15.0 Å². The van der Waals surface area contributed by atoms with Gasteiger partial charge in [-0.05, 0) is 50.6 Å². The molecule has 7 nitrogen and oxygen atoms in total.